The number of nitriles is 1. The number of ether oxygens (including phenoxy) is 2. The van der Waals surface area contributed by atoms with Gasteiger partial charge in [0, 0.05) is 51.1 Å². The Balaban J connectivity index is 1.19. The summed E-state index contributed by atoms with van der Waals surface area (Å²) in [5.41, 5.74) is 5.53. The van der Waals surface area contributed by atoms with Gasteiger partial charge in [0.15, 0.2) is 0 Å². The van der Waals surface area contributed by atoms with Crippen molar-refractivity contribution in [2.75, 3.05) is 50.8 Å². The number of piperazine rings is 1. The zero-order chi connectivity index (χ0) is 26.5. The van der Waals surface area contributed by atoms with Gasteiger partial charge in [-0.05, 0) is 55.2 Å². The van der Waals surface area contributed by atoms with Crippen LogP contribution < -0.4 is 15.0 Å². The molecule has 3 saturated heterocycles. The maximum Gasteiger partial charge on any atom is 0.220 e. The summed E-state index contributed by atoms with van der Waals surface area (Å²) in [5, 5.41) is 13.0. The summed E-state index contributed by atoms with van der Waals surface area (Å²) in [6, 6.07) is 13.8. The average Bonchev–Trinajstić information content (AvgIpc) is 3.52. The van der Waals surface area contributed by atoms with Crippen molar-refractivity contribution in [1.29, 1.82) is 5.26 Å². The molecular formula is C30H34N6O3. The van der Waals surface area contributed by atoms with Gasteiger partial charge < -0.3 is 24.3 Å². The van der Waals surface area contributed by atoms with Gasteiger partial charge in [0.2, 0.25) is 5.91 Å². The molecule has 4 heterocycles. The van der Waals surface area contributed by atoms with Gasteiger partial charge in [0.05, 0.1) is 42.4 Å². The molecule has 39 heavy (non-hydrogen) atoms. The fraction of sp³-hybridized carbons (Fsp3) is 0.500. The standard InChI is InChI=1S/C30H34N6O3/c1-19(23-13-29(37)32-15-23)39-28-12-21(11-26-30(28)36(18-33-26)24-3-4-24)20-2-5-27(22(10-20)14-31)35-8-6-34(7-9-35)25-16-38-17-25/h2,5,10-12,18-19,23-25H,3-4,6-9,13,15-17H2,1H3,(H,32,37)/t19?,23-/m1/s1. The van der Waals surface area contributed by atoms with E-state index < -0.39 is 0 Å². The van der Waals surface area contributed by atoms with Crippen LogP contribution in [0.3, 0.4) is 0 Å². The molecule has 1 N–H and O–H groups in total. The Labute approximate surface area is 228 Å². The van der Waals surface area contributed by atoms with Gasteiger partial charge in [-0.25, -0.2) is 4.98 Å². The van der Waals surface area contributed by atoms with E-state index >= 15 is 0 Å². The minimum atomic E-state index is -0.118. The van der Waals surface area contributed by atoms with Crippen LogP contribution in [0.5, 0.6) is 5.75 Å². The molecule has 3 aromatic rings. The quantitative estimate of drug-likeness (QED) is 0.505. The molecule has 0 bridgehead atoms. The van der Waals surface area contributed by atoms with Gasteiger partial charge in [-0.1, -0.05) is 6.07 Å². The molecule has 9 heteroatoms. The molecule has 1 amide bonds. The second kappa shape index (κ2) is 9.85. The highest BCUT2D eigenvalue weighted by Gasteiger charge is 2.32. The Kier molecular flexibility index (Phi) is 6.17. The Bertz CT molecular complexity index is 1440. The topological polar surface area (TPSA) is 95.7 Å². The number of imidazole rings is 1. The summed E-state index contributed by atoms with van der Waals surface area (Å²) in [5.74, 6) is 1.01. The van der Waals surface area contributed by atoms with E-state index in [0.29, 0.717) is 30.6 Å². The van der Waals surface area contributed by atoms with Crippen molar-refractivity contribution in [3.8, 4) is 22.9 Å². The number of amides is 1. The zero-order valence-electron chi connectivity index (χ0n) is 22.3. The van der Waals surface area contributed by atoms with Crippen LogP contribution >= 0.6 is 0 Å². The number of anilines is 1. The van der Waals surface area contributed by atoms with Crippen molar-refractivity contribution in [3.63, 3.8) is 0 Å². The van der Waals surface area contributed by atoms with Crippen LogP contribution in [0.2, 0.25) is 0 Å². The zero-order valence-corrected chi connectivity index (χ0v) is 22.3. The number of nitrogens with zero attached hydrogens (tertiary/aromatic N) is 5. The molecule has 1 unspecified atom stereocenters. The number of nitrogens with one attached hydrogen (secondary N) is 1. The Morgan fingerprint density at radius 3 is 2.59 bits per heavy atom. The van der Waals surface area contributed by atoms with Gasteiger partial charge in [0.25, 0.3) is 0 Å². The first-order chi connectivity index (χ1) is 19.1. The lowest BCUT2D eigenvalue weighted by molar-refractivity contribution is -0.119. The molecule has 1 aliphatic carbocycles. The second-order valence-corrected chi connectivity index (χ2v) is 11.4. The van der Waals surface area contributed by atoms with E-state index in [1.807, 2.05) is 19.3 Å². The van der Waals surface area contributed by atoms with Crippen LogP contribution in [0.4, 0.5) is 5.69 Å². The lowest BCUT2D eigenvalue weighted by Gasteiger charge is -2.43. The lowest BCUT2D eigenvalue weighted by atomic mass is 10.00. The van der Waals surface area contributed by atoms with Crippen molar-refractivity contribution in [3.05, 3.63) is 42.2 Å². The summed E-state index contributed by atoms with van der Waals surface area (Å²) in [7, 11) is 0. The number of hydrogen-bond donors (Lipinski definition) is 1. The minimum absolute atomic E-state index is 0.0833. The van der Waals surface area contributed by atoms with E-state index in [9.17, 15) is 10.1 Å². The number of carbonyl (C=O) groups is 1. The predicted octanol–water partition coefficient (Wildman–Crippen LogP) is 3.33. The molecule has 4 fully saturated rings. The maximum absolute atomic E-state index is 11.8. The Morgan fingerprint density at radius 1 is 1.10 bits per heavy atom. The third-order valence-corrected chi connectivity index (χ3v) is 8.80. The predicted molar refractivity (Wildman–Crippen MR) is 148 cm³/mol. The van der Waals surface area contributed by atoms with E-state index in [-0.39, 0.29) is 17.9 Å². The molecule has 202 valence electrons. The molecular weight excluding hydrogens is 492 g/mol. The molecule has 1 saturated carbocycles. The van der Waals surface area contributed by atoms with E-state index in [1.54, 1.807) is 0 Å². The SMILES string of the molecule is CC(Oc1cc(-c2ccc(N3CCN(C4COC4)CC3)c(C#N)c2)cc2ncn(C3CC3)c12)[C@H]1CNC(=O)C1. The number of benzene rings is 2. The van der Waals surface area contributed by atoms with Crippen LogP contribution in [0.1, 0.15) is 37.8 Å². The summed E-state index contributed by atoms with van der Waals surface area (Å²) < 4.78 is 14.2. The van der Waals surface area contributed by atoms with Gasteiger partial charge >= 0.3 is 0 Å². The highest BCUT2D eigenvalue weighted by molar-refractivity contribution is 5.89. The van der Waals surface area contributed by atoms with E-state index in [4.69, 9.17) is 14.5 Å². The first-order valence-electron chi connectivity index (χ1n) is 14.1. The molecule has 0 spiro atoms. The summed E-state index contributed by atoms with van der Waals surface area (Å²) in [6.45, 7) is 8.14. The van der Waals surface area contributed by atoms with Crippen LogP contribution in [-0.2, 0) is 9.53 Å². The first-order valence-corrected chi connectivity index (χ1v) is 14.1. The fourth-order valence-electron chi connectivity index (χ4n) is 6.12. The van der Waals surface area contributed by atoms with Crippen molar-refractivity contribution in [2.24, 2.45) is 5.92 Å². The first kappa shape index (κ1) is 24.4. The fourth-order valence-corrected chi connectivity index (χ4v) is 6.12. The molecule has 7 rings (SSSR count). The molecule has 0 radical (unpaired) electrons. The van der Waals surface area contributed by atoms with Gasteiger partial charge in [-0.2, -0.15) is 5.26 Å². The van der Waals surface area contributed by atoms with Crippen molar-refractivity contribution in [2.45, 2.75) is 44.4 Å². The average molecular weight is 527 g/mol. The molecule has 4 aliphatic rings. The normalized spacial score (nSPS) is 22.9. The van der Waals surface area contributed by atoms with Gasteiger partial charge in [-0.3, -0.25) is 9.69 Å². The third kappa shape index (κ3) is 4.62. The number of fused-ring (bicyclic) bond motifs is 1. The molecule has 2 aromatic carbocycles. The van der Waals surface area contributed by atoms with Crippen LogP contribution in [0, 0.1) is 17.2 Å². The van der Waals surface area contributed by atoms with E-state index in [0.717, 1.165) is 85.8 Å². The van der Waals surface area contributed by atoms with Gasteiger partial charge in [0.1, 0.15) is 23.4 Å². The number of aromatic nitrogens is 2. The largest absolute Gasteiger partial charge is 0.488 e. The van der Waals surface area contributed by atoms with Crippen LogP contribution in [-0.4, -0.2) is 78.4 Å². The second-order valence-electron chi connectivity index (χ2n) is 11.4. The third-order valence-electron chi connectivity index (χ3n) is 8.80. The number of carbonyl (C=O) groups excluding carboxylic acids is 1. The Morgan fingerprint density at radius 2 is 1.92 bits per heavy atom. The van der Waals surface area contributed by atoms with Crippen molar-refractivity contribution in [1.82, 2.24) is 19.8 Å². The number of hydrogen-bond acceptors (Lipinski definition) is 7. The highest BCUT2D eigenvalue weighted by Crippen LogP contribution is 2.42. The minimum Gasteiger partial charge on any atom is -0.488 e. The van der Waals surface area contributed by atoms with Crippen molar-refractivity contribution >= 4 is 22.6 Å². The number of rotatable bonds is 7. The molecule has 9 nitrogen and oxygen atoms in total. The summed E-state index contributed by atoms with van der Waals surface area (Å²) in [6.07, 6.45) is 4.59. The summed E-state index contributed by atoms with van der Waals surface area (Å²) >= 11 is 0. The van der Waals surface area contributed by atoms with Crippen LogP contribution in [0.25, 0.3) is 22.2 Å². The summed E-state index contributed by atoms with van der Waals surface area (Å²) in [4.78, 5) is 21.4. The van der Waals surface area contributed by atoms with Gasteiger partial charge in [-0.15, -0.1) is 0 Å². The van der Waals surface area contributed by atoms with Crippen molar-refractivity contribution < 1.29 is 14.3 Å². The highest BCUT2D eigenvalue weighted by atomic mass is 16.5. The molecule has 1 aromatic heterocycles. The monoisotopic (exact) mass is 526 g/mol. The van der Waals surface area contributed by atoms with Crippen LogP contribution in [0.15, 0.2) is 36.7 Å². The van der Waals surface area contributed by atoms with E-state index in [1.165, 1.54) is 0 Å². The maximum atomic E-state index is 11.8. The van der Waals surface area contributed by atoms with E-state index in [2.05, 4.69) is 50.0 Å². The molecule has 2 atom stereocenters. The molecule has 3 aliphatic heterocycles. The smallest absolute Gasteiger partial charge is 0.220 e. The lowest BCUT2D eigenvalue weighted by Crippen LogP contribution is -2.56. The Hall–Kier alpha value is -3.61.